The molecule has 1 heterocycles. The van der Waals surface area contributed by atoms with Crippen molar-refractivity contribution in [2.75, 3.05) is 10.6 Å². The maximum Gasteiger partial charge on any atom is 0.225 e. The fourth-order valence-electron chi connectivity index (χ4n) is 3.16. The Kier molecular flexibility index (Phi) is 4.51. The zero-order valence-electron chi connectivity index (χ0n) is 13.4. The Hall–Kier alpha value is -1.52. The molecule has 2 saturated carbocycles. The first-order chi connectivity index (χ1) is 11.7. The Morgan fingerprint density at radius 3 is 2.42 bits per heavy atom. The van der Waals surface area contributed by atoms with E-state index < -0.39 is 0 Å². The molecular weight excluding hydrogens is 343 g/mol. The number of hydrogen-bond donors (Lipinski definition) is 2. The molecule has 1 aromatic heterocycles. The first kappa shape index (κ1) is 16.0. The molecule has 0 spiro atoms. The van der Waals surface area contributed by atoms with Crippen LogP contribution >= 0.6 is 23.2 Å². The van der Waals surface area contributed by atoms with E-state index in [1.54, 1.807) is 6.07 Å². The molecule has 6 heteroatoms. The summed E-state index contributed by atoms with van der Waals surface area (Å²) in [5.41, 5.74) is 1.99. The zero-order chi connectivity index (χ0) is 16.5. The molecule has 0 atom stereocenters. The van der Waals surface area contributed by atoms with Gasteiger partial charge in [-0.2, -0.15) is 4.98 Å². The highest BCUT2D eigenvalue weighted by Gasteiger charge is 2.27. The third-order valence-corrected chi connectivity index (χ3v) is 5.36. The van der Waals surface area contributed by atoms with Crippen molar-refractivity contribution in [2.45, 2.75) is 50.5 Å². The summed E-state index contributed by atoms with van der Waals surface area (Å²) in [6, 6.07) is 8.04. The largest absolute Gasteiger partial charge is 0.351 e. The van der Waals surface area contributed by atoms with Gasteiger partial charge in [0.25, 0.3) is 0 Å². The van der Waals surface area contributed by atoms with Crippen molar-refractivity contribution in [2.24, 2.45) is 0 Å². The van der Waals surface area contributed by atoms with Crippen LogP contribution in [0.1, 0.15) is 50.1 Å². The topological polar surface area (TPSA) is 49.8 Å². The molecule has 1 aromatic carbocycles. The van der Waals surface area contributed by atoms with Gasteiger partial charge in [0.1, 0.15) is 5.82 Å². The number of anilines is 3. The Morgan fingerprint density at radius 1 is 0.917 bits per heavy atom. The molecule has 4 nitrogen and oxygen atoms in total. The minimum Gasteiger partial charge on any atom is -0.351 e. The molecule has 0 aliphatic heterocycles. The molecule has 126 valence electrons. The number of nitrogens with zero attached hydrogens (tertiary/aromatic N) is 2. The second-order valence-corrected chi connectivity index (χ2v) is 7.47. The molecule has 2 fully saturated rings. The van der Waals surface area contributed by atoms with E-state index in [0.717, 1.165) is 23.1 Å². The van der Waals surface area contributed by atoms with Gasteiger partial charge >= 0.3 is 0 Å². The fraction of sp³-hybridized carbons (Fsp3) is 0.444. The van der Waals surface area contributed by atoms with Gasteiger partial charge in [-0.25, -0.2) is 4.98 Å². The van der Waals surface area contributed by atoms with Gasteiger partial charge in [-0.3, -0.25) is 0 Å². The Balaban J connectivity index is 1.58. The van der Waals surface area contributed by atoms with Crippen molar-refractivity contribution in [3.05, 3.63) is 40.0 Å². The normalized spacial score (nSPS) is 17.9. The first-order valence-electron chi connectivity index (χ1n) is 8.55. The number of rotatable bonds is 5. The van der Waals surface area contributed by atoms with E-state index in [1.807, 2.05) is 18.2 Å². The van der Waals surface area contributed by atoms with Crippen LogP contribution in [0.25, 0.3) is 0 Å². The highest BCUT2D eigenvalue weighted by atomic mass is 35.5. The molecule has 2 aliphatic rings. The lowest BCUT2D eigenvalue weighted by atomic mass is 10.2. The summed E-state index contributed by atoms with van der Waals surface area (Å²) in [4.78, 5) is 9.37. The van der Waals surface area contributed by atoms with Crippen LogP contribution in [-0.2, 0) is 0 Å². The van der Waals surface area contributed by atoms with Crippen molar-refractivity contribution < 1.29 is 0 Å². The molecule has 2 aromatic rings. The second-order valence-electron chi connectivity index (χ2n) is 6.66. The van der Waals surface area contributed by atoms with E-state index in [-0.39, 0.29) is 0 Å². The van der Waals surface area contributed by atoms with Crippen LogP contribution in [-0.4, -0.2) is 16.0 Å². The van der Waals surface area contributed by atoms with Crippen LogP contribution in [0.15, 0.2) is 24.3 Å². The van der Waals surface area contributed by atoms with Crippen molar-refractivity contribution in [3.8, 4) is 0 Å². The first-order valence-corrected chi connectivity index (χ1v) is 9.30. The van der Waals surface area contributed by atoms with Crippen LogP contribution < -0.4 is 10.6 Å². The van der Waals surface area contributed by atoms with Gasteiger partial charge in [0, 0.05) is 23.7 Å². The standard InChI is InChI=1S/C18H20Cl2N4/c19-14-8-7-13(9-15(14)20)21-17-10-16(11-5-6-11)23-18(24-17)22-12-3-1-2-4-12/h7-12H,1-6H2,(H2,21,22,23,24). The van der Waals surface area contributed by atoms with Gasteiger partial charge in [-0.1, -0.05) is 36.0 Å². The van der Waals surface area contributed by atoms with Crippen LogP contribution in [0.3, 0.4) is 0 Å². The predicted molar refractivity (Wildman–Crippen MR) is 99.6 cm³/mol. The van der Waals surface area contributed by atoms with Crippen molar-refractivity contribution in [3.63, 3.8) is 0 Å². The lowest BCUT2D eigenvalue weighted by Crippen LogP contribution is -2.17. The van der Waals surface area contributed by atoms with Crippen LogP contribution in [0.4, 0.5) is 17.5 Å². The molecular formula is C18H20Cl2N4. The van der Waals surface area contributed by atoms with E-state index in [4.69, 9.17) is 28.2 Å². The van der Waals surface area contributed by atoms with E-state index in [0.29, 0.717) is 22.0 Å². The summed E-state index contributed by atoms with van der Waals surface area (Å²) in [6.45, 7) is 0. The van der Waals surface area contributed by atoms with Crippen molar-refractivity contribution in [1.29, 1.82) is 0 Å². The van der Waals surface area contributed by atoms with Crippen LogP contribution in [0.5, 0.6) is 0 Å². The zero-order valence-corrected chi connectivity index (χ0v) is 14.9. The fourth-order valence-corrected chi connectivity index (χ4v) is 3.46. The smallest absolute Gasteiger partial charge is 0.225 e. The number of halogens is 2. The average molecular weight is 363 g/mol. The summed E-state index contributed by atoms with van der Waals surface area (Å²) >= 11 is 12.1. The van der Waals surface area contributed by atoms with E-state index >= 15 is 0 Å². The van der Waals surface area contributed by atoms with E-state index in [2.05, 4.69) is 15.6 Å². The molecule has 0 unspecified atom stereocenters. The lowest BCUT2D eigenvalue weighted by Gasteiger charge is -2.15. The number of aromatic nitrogens is 2. The number of benzene rings is 1. The van der Waals surface area contributed by atoms with Gasteiger partial charge < -0.3 is 10.6 Å². The summed E-state index contributed by atoms with van der Waals surface area (Å²) in [5.74, 6) is 2.10. The summed E-state index contributed by atoms with van der Waals surface area (Å²) in [6.07, 6.45) is 7.40. The molecule has 0 radical (unpaired) electrons. The highest BCUT2D eigenvalue weighted by Crippen LogP contribution is 2.40. The molecule has 0 saturated heterocycles. The second kappa shape index (κ2) is 6.77. The number of hydrogen-bond acceptors (Lipinski definition) is 4. The average Bonchev–Trinajstić information content (AvgIpc) is 3.29. The Morgan fingerprint density at radius 2 is 1.71 bits per heavy atom. The molecule has 2 aliphatic carbocycles. The maximum absolute atomic E-state index is 6.10. The van der Waals surface area contributed by atoms with Crippen molar-refractivity contribution in [1.82, 2.24) is 9.97 Å². The van der Waals surface area contributed by atoms with Gasteiger partial charge in [-0.05, 0) is 43.9 Å². The van der Waals surface area contributed by atoms with Gasteiger partial charge in [0.05, 0.1) is 15.7 Å². The monoisotopic (exact) mass is 362 g/mol. The third kappa shape index (κ3) is 3.76. The molecule has 24 heavy (non-hydrogen) atoms. The van der Waals surface area contributed by atoms with E-state index in [9.17, 15) is 0 Å². The number of nitrogens with one attached hydrogen (secondary N) is 2. The third-order valence-electron chi connectivity index (χ3n) is 4.62. The molecule has 0 amide bonds. The molecule has 4 rings (SSSR count). The predicted octanol–water partition coefficient (Wildman–Crippen LogP) is 5.76. The summed E-state index contributed by atoms with van der Waals surface area (Å²) in [5, 5.41) is 7.91. The van der Waals surface area contributed by atoms with Gasteiger partial charge in [0.2, 0.25) is 5.95 Å². The van der Waals surface area contributed by atoms with E-state index in [1.165, 1.54) is 38.5 Å². The highest BCUT2D eigenvalue weighted by molar-refractivity contribution is 6.42. The SMILES string of the molecule is Clc1ccc(Nc2cc(C3CC3)nc(NC3CCCC3)n2)cc1Cl. The minimum absolute atomic E-state index is 0.497. The van der Waals surface area contributed by atoms with Gasteiger partial charge in [0.15, 0.2) is 0 Å². The van der Waals surface area contributed by atoms with Crippen molar-refractivity contribution >= 4 is 40.7 Å². The van der Waals surface area contributed by atoms with Crippen LogP contribution in [0, 0.1) is 0 Å². The Labute approximate surface area is 152 Å². The summed E-state index contributed by atoms with van der Waals surface area (Å²) < 4.78 is 0. The molecule has 2 N–H and O–H groups in total. The van der Waals surface area contributed by atoms with Crippen LogP contribution in [0.2, 0.25) is 10.0 Å². The summed E-state index contributed by atoms with van der Waals surface area (Å²) in [7, 11) is 0. The minimum atomic E-state index is 0.497. The Bertz CT molecular complexity index is 740. The maximum atomic E-state index is 6.10. The van der Waals surface area contributed by atoms with Gasteiger partial charge in [-0.15, -0.1) is 0 Å². The lowest BCUT2D eigenvalue weighted by molar-refractivity contribution is 0.742. The quantitative estimate of drug-likeness (QED) is 0.709. The molecule has 0 bridgehead atoms.